The van der Waals surface area contributed by atoms with Crippen molar-refractivity contribution in [1.29, 1.82) is 0 Å². The highest BCUT2D eigenvalue weighted by Crippen LogP contribution is 2.19. The third kappa shape index (κ3) is 8.20. The van der Waals surface area contributed by atoms with Crippen molar-refractivity contribution in [3.63, 3.8) is 0 Å². The first kappa shape index (κ1) is 22.4. The second-order valence-corrected chi connectivity index (χ2v) is 5.19. The number of nitrogens with two attached hydrogens (primary N) is 2. The zero-order valence-corrected chi connectivity index (χ0v) is 16.0. The molecule has 2 rings (SSSR count). The first-order valence-electron chi connectivity index (χ1n) is 7.23. The molecule has 0 aliphatic heterocycles. The number of carbonyl (C=O) groups is 1. The number of esters is 1. The molecule has 2 aromatic rings. The molecule has 0 aromatic carbocycles. The van der Waals surface area contributed by atoms with Crippen molar-refractivity contribution in [2.75, 3.05) is 18.1 Å². The van der Waals surface area contributed by atoms with Crippen molar-refractivity contribution < 1.29 is 19.4 Å². The van der Waals surface area contributed by atoms with Crippen molar-refractivity contribution in [2.24, 2.45) is 0 Å². The maximum absolute atomic E-state index is 11.5. The number of hydrogen-bond acceptors (Lipinski definition) is 8. The molecule has 9 heteroatoms. The fraction of sp³-hybridized carbons (Fsp3) is 0.312. The topological polar surface area (TPSA) is 134 Å². The molecule has 0 amide bonds. The second kappa shape index (κ2) is 10.3. The molecular formula is C16H23BrN4O4. The van der Waals surface area contributed by atoms with Gasteiger partial charge in [0.1, 0.15) is 23.1 Å². The fourth-order valence-corrected chi connectivity index (χ4v) is 1.49. The van der Waals surface area contributed by atoms with Crippen LogP contribution in [-0.2, 0) is 9.53 Å². The van der Waals surface area contributed by atoms with Crippen molar-refractivity contribution in [3.05, 3.63) is 36.7 Å². The Hall–Kier alpha value is -2.55. The van der Waals surface area contributed by atoms with Crippen LogP contribution >= 0.6 is 17.0 Å². The maximum atomic E-state index is 11.5. The normalized spacial score (nSPS) is 9.88. The Morgan fingerprint density at radius 1 is 1.12 bits per heavy atom. The van der Waals surface area contributed by atoms with Gasteiger partial charge in [0.15, 0.2) is 5.60 Å². The number of halogens is 1. The number of nitrogen functional groups attached to an aromatic ring is 2. The summed E-state index contributed by atoms with van der Waals surface area (Å²) >= 11 is 0. The van der Waals surface area contributed by atoms with Gasteiger partial charge in [0.2, 0.25) is 0 Å². The third-order valence-electron chi connectivity index (χ3n) is 2.67. The summed E-state index contributed by atoms with van der Waals surface area (Å²) in [6, 6.07) is 6.29. The van der Waals surface area contributed by atoms with E-state index in [4.69, 9.17) is 26.0 Å². The van der Waals surface area contributed by atoms with Crippen LogP contribution in [0.4, 0.5) is 11.6 Å². The summed E-state index contributed by atoms with van der Waals surface area (Å²) in [4.78, 5) is 19.0. The van der Waals surface area contributed by atoms with Gasteiger partial charge >= 0.3 is 5.97 Å². The van der Waals surface area contributed by atoms with Crippen LogP contribution in [0.3, 0.4) is 0 Å². The van der Waals surface area contributed by atoms with E-state index in [-0.39, 0.29) is 22.7 Å². The molecule has 0 saturated heterocycles. The average molecular weight is 415 g/mol. The molecule has 0 saturated carbocycles. The lowest BCUT2D eigenvalue weighted by molar-refractivity contribution is -0.158. The molecule has 138 valence electrons. The van der Waals surface area contributed by atoms with Crippen LogP contribution in [0, 0.1) is 0 Å². The van der Waals surface area contributed by atoms with Gasteiger partial charge < -0.3 is 26.0 Å². The summed E-state index contributed by atoms with van der Waals surface area (Å²) in [5.41, 5.74) is 9.61. The van der Waals surface area contributed by atoms with E-state index in [1.54, 1.807) is 32.9 Å². The lowest BCUT2D eigenvalue weighted by Gasteiger charge is -2.23. The van der Waals surface area contributed by atoms with Gasteiger partial charge in [-0.05, 0) is 45.0 Å². The molecule has 0 spiro atoms. The number of hydrogen-bond donors (Lipinski definition) is 3. The Bertz CT molecular complexity index is 627. The van der Waals surface area contributed by atoms with Gasteiger partial charge in [-0.2, -0.15) is 0 Å². The molecule has 0 aliphatic carbocycles. The van der Waals surface area contributed by atoms with Gasteiger partial charge in [-0.1, -0.05) is 0 Å². The van der Waals surface area contributed by atoms with E-state index >= 15 is 0 Å². The van der Waals surface area contributed by atoms with Crippen LogP contribution in [0.15, 0.2) is 36.7 Å². The number of ether oxygens (including phenoxy) is 2. The molecular weight excluding hydrogens is 392 g/mol. The summed E-state index contributed by atoms with van der Waals surface area (Å²) in [5, 5.41) is 8.64. The number of aromatic hydroxyl groups is 1. The van der Waals surface area contributed by atoms with Crippen molar-refractivity contribution in [2.45, 2.75) is 26.4 Å². The quantitative estimate of drug-likeness (QED) is 0.648. The maximum Gasteiger partial charge on any atom is 0.349 e. The van der Waals surface area contributed by atoms with E-state index in [1.807, 2.05) is 0 Å². The third-order valence-corrected chi connectivity index (χ3v) is 2.67. The first-order valence-corrected chi connectivity index (χ1v) is 7.23. The Labute approximate surface area is 156 Å². The largest absolute Gasteiger partial charge is 0.506 e. The van der Waals surface area contributed by atoms with Crippen LogP contribution in [0.25, 0.3) is 0 Å². The van der Waals surface area contributed by atoms with Gasteiger partial charge in [-0.3, -0.25) is 0 Å². The Balaban J connectivity index is 0.000000540. The zero-order chi connectivity index (χ0) is 18.2. The lowest BCUT2D eigenvalue weighted by atomic mass is 10.1. The highest BCUT2D eigenvalue weighted by Gasteiger charge is 2.31. The van der Waals surface area contributed by atoms with Crippen LogP contribution in [-0.4, -0.2) is 33.3 Å². The number of pyridine rings is 2. The Kier molecular flexibility index (Phi) is 9.29. The van der Waals surface area contributed by atoms with E-state index in [0.717, 1.165) is 0 Å². The average Bonchev–Trinajstić information content (AvgIpc) is 2.53. The summed E-state index contributed by atoms with van der Waals surface area (Å²) in [6.07, 6.45) is 2.77. The number of rotatable bonds is 4. The fourth-order valence-electron chi connectivity index (χ4n) is 1.49. The molecule has 2 aromatic heterocycles. The van der Waals surface area contributed by atoms with Gasteiger partial charge in [-0.25, -0.2) is 14.8 Å². The molecule has 8 nitrogen and oxygen atoms in total. The van der Waals surface area contributed by atoms with E-state index < -0.39 is 11.6 Å². The predicted molar refractivity (Wildman–Crippen MR) is 101 cm³/mol. The number of anilines is 2. The van der Waals surface area contributed by atoms with Crippen molar-refractivity contribution in [3.8, 4) is 11.5 Å². The second-order valence-electron chi connectivity index (χ2n) is 5.19. The summed E-state index contributed by atoms with van der Waals surface area (Å²) in [5.74, 6) is 1.03. The minimum absolute atomic E-state index is 0. The standard InChI is InChI=1S/C11H16N2O3.C5H6N2O.BrH/c1-4-15-10(14)11(2,3)16-8-5-6-9(12)13-7-8;6-5-2-1-4(8)3-7-5;/h5-7H,4H2,1-3H3,(H2,12,13);1-3,8H,(H2,6,7);1H. The molecule has 0 fully saturated rings. The monoisotopic (exact) mass is 414 g/mol. The first-order chi connectivity index (χ1) is 11.2. The molecule has 0 radical (unpaired) electrons. The molecule has 0 bridgehead atoms. The summed E-state index contributed by atoms with van der Waals surface area (Å²) < 4.78 is 10.4. The smallest absolute Gasteiger partial charge is 0.349 e. The molecule has 2 heterocycles. The van der Waals surface area contributed by atoms with E-state index in [9.17, 15) is 4.79 Å². The molecule has 5 N–H and O–H groups in total. The highest BCUT2D eigenvalue weighted by molar-refractivity contribution is 8.93. The van der Waals surface area contributed by atoms with Gasteiger partial charge in [0.05, 0.1) is 19.0 Å². The summed E-state index contributed by atoms with van der Waals surface area (Å²) in [6.45, 7) is 5.35. The SMILES string of the molecule is Br.CCOC(=O)C(C)(C)Oc1ccc(N)nc1.Nc1ccc(O)cn1. The number of nitrogens with zero attached hydrogens (tertiary/aromatic N) is 2. The lowest BCUT2D eigenvalue weighted by Crippen LogP contribution is -2.39. The summed E-state index contributed by atoms with van der Waals surface area (Å²) in [7, 11) is 0. The van der Waals surface area contributed by atoms with E-state index in [2.05, 4.69) is 9.97 Å². The number of aromatic nitrogens is 2. The molecule has 0 aliphatic rings. The van der Waals surface area contributed by atoms with Crippen LogP contribution in [0.2, 0.25) is 0 Å². The minimum Gasteiger partial charge on any atom is -0.506 e. The van der Waals surface area contributed by atoms with Crippen LogP contribution in [0.1, 0.15) is 20.8 Å². The van der Waals surface area contributed by atoms with Crippen molar-refractivity contribution in [1.82, 2.24) is 9.97 Å². The Morgan fingerprint density at radius 2 is 1.68 bits per heavy atom. The highest BCUT2D eigenvalue weighted by atomic mass is 79.9. The van der Waals surface area contributed by atoms with Gasteiger partial charge in [0, 0.05) is 0 Å². The molecule has 25 heavy (non-hydrogen) atoms. The van der Waals surface area contributed by atoms with E-state index in [0.29, 0.717) is 24.0 Å². The van der Waals surface area contributed by atoms with E-state index in [1.165, 1.54) is 24.5 Å². The van der Waals surface area contributed by atoms with Gasteiger partial charge in [-0.15, -0.1) is 17.0 Å². The van der Waals surface area contributed by atoms with Gasteiger partial charge in [0.25, 0.3) is 0 Å². The molecule has 0 atom stereocenters. The van der Waals surface area contributed by atoms with Crippen LogP contribution < -0.4 is 16.2 Å². The minimum atomic E-state index is -1.03. The van der Waals surface area contributed by atoms with Crippen molar-refractivity contribution >= 4 is 34.6 Å². The number of carbonyl (C=O) groups excluding carboxylic acids is 1. The van der Waals surface area contributed by atoms with Crippen LogP contribution in [0.5, 0.6) is 11.5 Å². The predicted octanol–water partition coefficient (Wildman–Crippen LogP) is 2.33. The zero-order valence-electron chi connectivity index (χ0n) is 14.3. The molecule has 0 unspecified atom stereocenters. The Morgan fingerprint density at radius 3 is 2.08 bits per heavy atom.